The molecule has 8 heteroatoms. The number of rotatable bonds is 3. The van der Waals surface area contributed by atoms with Crippen LogP contribution in [0.2, 0.25) is 0 Å². The third-order valence-corrected chi connectivity index (χ3v) is 4.22. The van der Waals surface area contributed by atoms with Crippen LogP contribution in [0.1, 0.15) is 10.4 Å². The number of amides is 1. The molecule has 0 heterocycles. The Balaban J connectivity index is 2.03. The van der Waals surface area contributed by atoms with Gasteiger partial charge in [-0.05, 0) is 48.6 Å². The van der Waals surface area contributed by atoms with E-state index in [1.807, 2.05) is 0 Å². The van der Waals surface area contributed by atoms with Crippen molar-refractivity contribution in [2.75, 3.05) is 11.6 Å². The van der Waals surface area contributed by atoms with Crippen molar-refractivity contribution in [3.8, 4) is 0 Å². The Morgan fingerprint density at radius 1 is 1.09 bits per heavy atom. The van der Waals surface area contributed by atoms with E-state index in [9.17, 15) is 17.6 Å². The van der Waals surface area contributed by atoms with Crippen LogP contribution in [0.3, 0.4) is 0 Å². The lowest BCUT2D eigenvalue weighted by atomic mass is 10.2. The zero-order valence-corrected chi connectivity index (χ0v) is 13.7. The fraction of sp³-hybridized carbons (Fsp3) is 0.0667. The summed E-state index contributed by atoms with van der Waals surface area (Å²) < 4.78 is 36.2. The predicted molar refractivity (Wildman–Crippen MR) is 89.6 cm³/mol. The second kappa shape index (κ2) is 6.84. The Bertz CT molecular complexity index is 849. The van der Waals surface area contributed by atoms with Gasteiger partial charge < -0.3 is 5.32 Å². The normalized spacial score (nSPS) is 10.9. The molecule has 23 heavy (non-hydrogen) atoms. The van der Waals surface area contributed by atoms with Crippen LogP contribution in [0.5, 0.6) is 0 Å². The van der Waals surface area contributed by atoms with E-state index in [2.05, 4.69) is 10.6 Å². The summed E-state index contributed by atoms with van der Waals surface area (Å²) in [5.74, 6) is -1.32. The Hall–Kier alpha value is -2.32. The summed E-state index contributed by atoms with van der Waals surface area (Å²) in [6, 6.07) is 11.4. The monoisotopic (exact) mass is 352 g/mol. The van der Waals surface area contributed by atoms with E-state index < -0.39 is 21.6 Å². The molecule has 0 fully saturated rings. The Morgan fingerprint density at radius 3 is 2.26 bits per heavy atom. The van der Waals surface area contributed by atoms with Gasteiger partial charge in [0.05, 0.1) is 10.5 Å². The molecule has 5 nitrogen and oxygen atoms in total. The maximum absolute atomic E-state index is 13.5. The predicted octanol–water partition coefficient (Wildman–Crippen LogP) is 2.36. The number of benzene rings is 2. The van der Waals surface area contributed by atoms with Gasteiger partial charge in [0.15, 0.2) is 14.9 Å². The fourth-order valence-electron chi connectivity index (χ4n) is 1.76. The third kappa shape index (κ3) is 4.57. The van der Waals surface area contributed by atoms with Crippen LogP contribution in [-0.2, 0) is 9.84 Å². The van der Waals surface area contributed by atoms with Gasteiger partial charge >= 0.3 is 0 Å². The van der Waals surface area contributed by atoms with Crippen molar-refractivity contribution in [1.29, 1.82) is 0 Å². The summed E-state index contributed by atoms with van der Waals surface area (Å²) in [7, 11) is -3.28. The molecule has 0 aliphatic rings. The minimum absolute atomic E-state index is 0.0228. The maximum atomic E-state index is 13.5. The molecule has 0 aliphatic carbocycles. The highest BCUT2D eigenvalue weighted by Gasteiger charge is 2.12. The van der Waals surface area contributed by atoms with Crippen molar-refractivity contribution in [3.05, 3.63) is 59.9 Å². The van der Waals surface area contributed by atoms with E-state index in [1.165, 1.54) is 42.5 Å². The lowest BCUT2D eigenvalue weighted by Gasteiger charge is -2.10. The molecule has 0 aliphatic heterocycles. The van der Waals surface area contributed by atoms with Crippen molar-refractivity contribution in [1.82, 2.24) is 5.32 Å². The van der Waals surface area contributed by atoms with Gasteiger partial charge in [-0.25, -0.2) is 12.8 Å². The van der Waals surface area contributed by atoms with Gasteiger partial charge in [-0.3, -0.25) is 10.1 Å². The first kappa shape index (κ1) is 17.0. The number of thiocarbonyl (C=S) groups is 1. The van der Waals surface area contributed by atoms with E-state index in [1.54, 1.807) is 6.07 Å². The van der Waals surface area contributed by atoms with Crippen molar-refractivity contribution in [3.63, 3.8) is 0 Å². The van der Waals surface area contributed by atoms with Crippen molar-refractivity contribution in [2.24, 2.45) is 0 Å². The molecule has 2 aromatic carbocycles. The lowest BCUT2D eigenvalue weighted by molar-refractivity contribution is 0.0974. The minimum Gasteiger partial charge on any atom is -0.332 e. The number of anilines is 1. The number of hydrogen-bond acceptors (Lipinski definition) is 4. The van der Waals surface area contributed by atoms with Gasteiger partial charge in [0.1, 0.15) is 5.82 Å². The quantitative estimate of drug-likeness (QED) is 0.830. The molecule has 0 radical (unpaired) electrons. The van der Waals surface area contributed by atoms with Crippen LogP contribution in [0.25, 0.3) is 0 Å². The second-order valence-electron chi connectivity index (χ2n) is 4.68. The second-order valence-corrected chi connectivity index (χ2v) is 7.11. The first-order valence-corrected chi connectivity index (χ1v) is 8.74. The molecule has 120 valence electrons. The standard InChI is InChI=1S/C15H13FN2O3S2/c1-23(20,21)11-8-6-10(7-9-11)17-15(22)18-14(19)12-4-2-3-5-13(12)16/h2-9H,1H3,(H2,17,18,19,22). The summed E-state index contributed by atoms with van der Waals surface area (Å²) in [6.45, 7) is 0. The molecule has 0 unspecified atom stereocenters. The zero-order chi connectivity index (χ0) is 17.0. The van der Waals surface area contributed by atoms with Gasteiger partial charge in [0, 0.05) is 11.9 Å². The van der Waals surface area contributed by atoms with Gasteiger partial charge in [0.2, 0.25) is 0 Å². The number of nitrogens with one attached hydrogen (secondary N) is 2. The summed E-state index contributed by atoms with van der Waals surface area (Å²) in [5.41, 5.74) is 0.375. The number of sulfone groups is 1. The number of carbonyl (C=O) groups is 1. The van der Waals surface area contributed by atoms with Gasteiger partial charge in [-0.15, -0.1) is 0 Å². The molecule has 0 saturated heterocycles. The Labute approximate surface area is 138 Å². The largest absolute Gasteiger partial charge is 0.332 e. The third-order valence-electron chi connectivity index (χ3n) is 2.89. The Kier molecular flexibility index (Phi) is 5.07. The van der Waals surface area contributed by atoms with Crippen molar-refractivity contribution in [2.45, 2.75) is 4.90 Å². The number of halogens is 1. The van der Waals surface area contributed by atoms with Crippen LogP contribution in [-0.4, -0.2) is 25.7 Å². The molecule has 1 amide bonds. The molecule has 2 rings (SSSR count). The van der Waals surface area contributed by atoms with Gasteiger partial charge in [-0.2, -0.15) is 0 Å². The average Bonchev–Trinajstić information content (AvgIpc) is 2.47. The maximum Gasteiger partial charge on any atom is 0.260 e. The highest BCUT2D eigenvalue weighted by molar-refractivity contribution is 7.90. The van der Waals surface area contributed by atoms with Crippen molar-refractivity contribution < 1.29 is 17.6 Å². The van der Waals surface area contributed by atoms with E-state index in [0.29, 0.717) is 5.69 Å². The topological polar surface area (TPSA) is 75.3 Å². The molecular weight excluding hydrogens is 339 g/mol. The first-order valence-electron chi connectivity index (χ1n) is 6.44. The van der Waals surface area contributed by atoms with Crippen LogP contribution in [0, 0.1) is 5.82 Å². The number of carbonyl (C=O) groups excluding carboxylic acids is 1. The molecule has 0 aromatic heterocycles. The van der Waals surface area contributed by atoms with E-state index in [0.717, 1.165) is 6.26 Å². The molecule has 0 bridgehead atoms. The lowest BCUT2D eigenvalue weighted by Crippen LogP contribution is -2.34. The number of hydrogen-bond donors (Lipinski definition) is 2. The SMILES string of the molecule is CS(=O)(=O)c1ccc(NC(=S)NC(=O)c2ccccc2F)cc1. The summed E-state index contributed by atoms with van der Waals surface area (Å²) in [5, 5.41) is 5.05. The highest BCUT2D eigenvalue weighted by Crippen LogP contribution is 2.14. The summed E-state index contributed by atoms with van der Waals surface area (Å²) in [6.07, 6.45) is 1.11. The molecule has 0 saturated carbocycles. The fourth-order valence-corrected chi connectivity index (χ4v) is 2.60. The van der Waals surface area contributed by atoms with E-state index in [4.69, 9.17) is 12.2 Å². The molecule has 0 atom stereocenters. The molecule has 2 aromatic rings. The summed E-state index contributed by atoms with van der Waals surface area (Å²) >= 11 is 4.98. The van der Waals surface area contributed by atoms with Crippen LogP contribution >= 0.6 is 12.2 Å². The molecular formula is C15H13FN2O3S2. The first-order chi connectivity index (χ1) is 10.8. The molecule has 0 spiro atoms. The zero-order valence-electron chi connectivity index (χ0n) is 12.0. The highest BCUT2D eigenvalue weighted by atomic mass is 32.2. The van der Waals surface area contributed by atoms with Crippen LogP contribution in [0.15, 0.2) is 53.4 Å². The van der Waals surface area contributed by atoms with E-state index >= 15 is 0 Å². The smallest absolute Gasteiger partial charge is 0.260 e. The summed E-state index contributed by atoms with van der Waals surface area (Å²) in [4.78, 5) is 12.1. The van der Waals surface area contributed by atoms with Crippen molar-refractivity contribution >= 4 is 38.8 Å². The Morgan fingerprint density at radius 2 is 1.70 bits per heavy atom. The van der Waals surface area contributed by atoms with E-state index in [-0.39, 0.29) is 15.6 Å². The minimum atomic E-state index is -3.28. The van der Waals surface area contributed by atoms with Crippen LogP contribution < -0.4 is 10.6 Å². The molecule has 2 N–H and O–H groups in total. The van der Waals surface area contributed by atoms with Gasteiger partial charge in [0.25, 0.3) is 5.91 Å². The van der Waals surface area contributed by atoms with Gasteiger partial charge in [-0.1, -0.05) is 12.1 Å². The average molecular weight is 352 g/mol. The van der Waals surface area contributed by atoms with Crippen LogP contribution in [0.4, 0.5) is 10.1 Å².